The second-order valence-electron chi connectivity index (χ2n) is 2.49. The highest BCUT2D eigenvalue weighted by molar-refractivity contribution is 5.56. The predicted octanol–water partition coefficient (Wildman–Crippen LogP) is 1.92. The van der Waals surface area contributed by atoms with Crippen LogP contribution in [0.4, 0.5) is 24.5 Å². The maximum atomic E-state index is 13.0. The van der Waals surface area contributed by atoms with E-state index in [2.05, 4.69) is 4.74 Å². The molecule has 82 valence electrons. The van der Waals surface area contributed by atoms with Crippen LogP contribution in [-0.4, -0.2) is 11.5 Å². The molecule has 1 aromatic rings. The van der Waals surface area contributed by atoms with E-state index in [0.717, 1.165) is 6.07 Å². The lowest BCUT2D eigenvalue weighted by molar-refractivity contribution is -0.389. The van der Waals surface area contributed by atoms with Crippen molar-refractivity contribution in [1.29, 1.82) is 0 Å². The zero-order valence-electron chi connectivity index (χ0n) is 7.12. The van der Waals surface area contributed by atoms with Gasteiger partial charge in [0, 0.05) is 17.8 Å². The molecule has 0 aromatic heterocycles. The minimum absolute atomic E-state index is 0.242. The summed E-state index contributed by atoms with van der Waals surface area (Å²) in [7, 11) is 0. The van der Waals surface area contributed by atoms with Crippen molar-refractivity contribution in [3.05, 3.63) is 28.1 Å². The fourth-order valence-electron chi connectivity index (χ4n) is 0.957. The molecule has 1 aromatic carbocycles. The van der Waals surface area contributed by atoms with E-state index >= 15 is 0 Å². The molecule has 0 aliphatic rings. The first-order valence-electron chi connectivity index (χ1n) is 3.60. The molecule has 5 nitrogen and oxygen atoms in total. The van der Waals surface area contributed by atoms with E-state index in [1.165, 1.54) is 0 Å². The molecule has 15 heavy (non-hydrogen) atoms. The number of nitrogens with two attached hydrogens (primary N) is 1. The Morgan fingerprint density at radius 2 is 2.07 bits per heavy atom. The molecule has 0 heterocycles. The van der Waals surface area contributed by atoms with Crippen molar-refractivity contribution < 1.29 is 22.8 Å². The maximum Gasteiger partial charge on any atom is 0.387 e. The highest BCUT2D eigenvalue weighted by atomic mass is 19.3. The fourth-order valence-corrected chi connectivity index (χ4v) is 0.957. The molecule has 0 bridgehead atoms. The summed E-state index contributed by atoms with van der Waals surface area (Å²) in [5.74, 6) is -2.22. The molecule has 2 N–H and O–H groups in total. The van der Waals surface area contributed by atoms with Crippen LogP contribution >= 0.6 is 0 Å². The molecule has 0 amide bonds. The van der Waals surface area contributed by atoms with Gasteiger partial charge in [-0.05, 0) is 0 Å². The van der Waals surface area contributed by atoms with Gasteiger partial charge in [0.2, 0.25) is 11.6 Å². The quantitative estimate of drug-likeness (QED) is 0.481. The Bertz CT molecular complexity index is 397. The van der Waals surface area contributed by atoms with Gasteiger partial charge >= 0.3 is 12.3 Å². The number of nitro groups is 1. The Labute approximate surface area is 81.4 Å². The van der Waals surface area contributed by atoms with E-state index in [1.54, 1.807) is 0 Å². The van der Waals surface area contributed by atoms with Gasteiger partial charge in [-0.15, -0.1) is 0 Å². The molecule has 0 saturated carbocycles. The SMILES string of the molecule is Nc1cc(F)c([N+](=O)[O-])c(OC(F)F)c1. The van der Waals surface area contributed by atoms with Gasteiger partial charge in [-0.2, -0.15) is 13.2 Å². The smallest absolute Gasteiger partial charge is 0.387 e. The molecular weight excluding hydrogens is 217 g/mol. The van der Waals surface area contributed by atoms with Crippen LogP contribution in [-0.2, 0) is 0 Å². The number of hydrogen-bond donors (Lipinski definition) is 1. The summed E-state index contributed by atoms with van der Waals surface area (Å²) in [4.78, 5) is 9.17. The van der Waals surface area contributed by atoms with Gasteiger partial charge in [-0.1, -0.05) is 0 Å². The predicted molar refractivity (Wildman–Crippen MR) is 44.1 cm³/mol. The molecular formula is C7H5F3N2O3. The highest BCUT2D eigenvalue weighted by Crippen LogP contribution is 2.33. The molecule has 8 heteroatoms. The Morgan fingerprint density at radius 3 is 2.53 bits per heavy atom. The van der Waals surface area contributed by atoms with Crippen molar-refractivity contribution >= 4 is 11.4 Å². The normalized spacial score (nSPS) is 10.4. The third-order valence-electron chi connectivity index (χ3n) is 1.45. The molecule has 0 spiro atoms. The third kappa shape index (κ3) is 2.48. The summed E-state index contributed by atoms with van der Waals surface area (Å²) in [6, 6.07) is 1.41. The largest absolute Gasteiger partial charge is 0.427 e. The highest BCUT2D eigenvalue weighted by Gasteiger charge is 2.24. The van der Waals surface area contributed by atoms with Gasteiger partial charge in [-0.3, -0.25) is 10.1 Å². The second-order valence-corrected chi connectivity index (χ2v) is 2.49. The van der Waals surface area contributed by atoms with E-state index in [4.69, 9.17) is 5.73 Å². The minimum atomic E-state index is -3.29. The first-order chi connectivity index (χ1) is 6.91. The van der Waals surface area contributed by atoms with Gasteiger partial charge in [-0.25, -0.2) is 0 Å². The number of hydrogen-bond acceptors (Lipinski definition) is 4. The zero-order chi connectivity index (χ0) is 11.6. The lowest BCUT2D eigenvalue weighted by atomic mass is 10.2. The summed E-state index contributed by atoms with van der Waals surface area (Å²) in [5, 5.41) is 10.3. The van der Waals surface area contributed by atoms with Crippen LogP contribution in [0.15, 0.2) is 12.1 Å². The van der Waals surface area contributed by atoms with Crippen LogP contribution in [0.2, 0.25) is 0 Å². The molecule has 0 unspecified atom stereocenters. The lowest BCUT2D eigenvalue weighted by Crippen LogP contribution is -2.06. The topological polar surface area (TPSA) is 78.4 Å². The van der Waals surface area contributed by atoms with Crippen LogP contribution in [0.3, 0.4) is 0 Å². The maximum absolute atomic E-state index is 13.0. The zero-order valence-corrected chi connectivity index (χ0v) is 7.12. The summed E-state index contributed by atoms with van der Waals surface area (Å²) >= 11 is 0. The van der Waals surface area contributed by atoms with Gasteiger partial charge in [0.25, 0.3) is 0 Å². The number of nitro benzene ring substituents is 1. The van der Waals surface area contributed by atoms with Gasteiger partial charge < -0.3 is 10.5 Å². The molecule has 0 aliphatic carbocycles. The van der Waals surface area contributed by atoms with Crippen molar-refractivity contribution in [1.82, 2.24) is 0 Å². The van der Waals surface area contributed by atoms with Crippen LogP contribution in [0, 0.1) is 15.9 Å². The number of rotatable bonds is 3. The number of nitrogen functional groups attached to an aromatic ring is 1. The lowest BCUT2D eigenvalue weighted by Gasteiger charge is -2.06. The van der Waals surface area contributed by atoms with E-state index in [0.29, 0.717) is 6.07 Å². The van der Waals surface area contributed by atoms with Gasteiger partial charge in [0.15, 0.2) is 0 Å². The van der Waals surface area contributed by atoms with Crippen LogP contribution in [0.1, 0.15) is 0 Å². The summed E-state index contributed by atoms with van der Waals surface area (Å²) in [5.41, 5.74) is 3.71. The monoisotopic (exact) mass is 222 g/mol. The summed E-state index contributed by atoms with van der Waals surface area (Å²) < 4.78 is 40.4. The number of anilines is 1. The summed E-state index contributed by atoms with van der Waals surface area (Å²) in [6.07, 6.45) is 0. The number of ether oxygens (including phenoxy) is 1. The first kappa shape index (κ1) is 11.1. The van der Waals surface area contributed by atoms with Crippen molar-refractivity contribution in [3.8, 4) is 5.75 Å². The first-order valence-corrected chi connectivity index (χ1v) is 3.60. The van der Waals surface area contributed by atoms with E-state index in [9.17, 15) is 23.3 Å². The Morgan fingerprint density at radius 1 is 1.47 bits per heavy atom. The molecule has 0 fully saturated rings. The van der Waals surface area contributed by atoms with Crippen LogP contribution < -0.4 is 10.5 Å². The number of halogens is 3. The molecule has 0 atom stereocenters. The van der Waals surface area contributed by atoms with Crippen molar-refractivity contribution in [2.75, 3.05) is 5.73 Å². The molecule has 0 saturated heterocycles. The fraction of sp³-hybridized carbons (Fsp3) is 0.143. The Kier molecular flexibility index (Phi) is 2.98. The second kappa shape index (κ2) is 4.03. The van der Waals surface area contributed by atoms with Crippen molar-refractivity contribution in [2.45, 2.75) is 6.61 Å². The van der Waals surface area contributed by atoms with E-state index in [1.807, 2.05) is 0 Å². The van der Waals surface area contributed by atoms with Crippen molar-refractivity contribution in [3.63, 3.8) is 0 Å². The number of nitrogens with zero attached hydrogens (tertiary/aromatic N) is 1. The van der Waals surface area contributed by atoms with E-state index in [-0.39, 0.29) is 5.69 Å². The number of alkyl halides is 2. The average molecular weight is 222 g/mol. The summed E-state index contributed by atoms with van der Waals surface area (Å²) in [6.45, 7) is -3.29. The molecule has 1 rings (SSSR count). The molecule has 0 aliphatic heterocycles. The molecule has 0 radical (unpaired) electrons. The minimum Gasteiger partial charge on any atom is -0.427 e. The van der Waals surface area contributed by atoms with Crippen LogP contribution in [0.25, 0.3) is 0 Å². The average Bonchev–Trinajstić information content (AvgIpc) is 1.99. The van der Waals surface area contributed by atoms with Gasteiger partial charge in [0.05, 0.1) is 4.92 Å². The van der Waals surface area contributed by atoms with Gasteiger partial charge in [0.1, 0.15) is 0 Å². The van der Waals surface area contributed by atoms with Crippen molar-refractivity contribution in [2.24, 2.45) is 0 Å². The third-order valence-corrected chi connectivity index (χ3v) is 1.45. The Hall–Kier alpha value is -1.99. The van der Waals surface area contributed by atoms with Crippen LogP contribution in [0.5, 0.6) is 5.75 Å². The standard InChI is InChI=1S/C7H5F3N2O3/c8-4-1-3(11)2-5(15-7(9)10)6(4)12(13)14/h1-2,7H,11H2. The van der Waals surface area contributed by atoms with E-state index < -0.39 is 28.8 Å². The Balaban J connectivity index is 3.27. The number of benzene rings is 1.